The lowest BCUT2D eigenvalue weighted by molar-refractivity contribution is 0.586. The summed E-state index contributed by atoms with van der Waals surface area (Å²) in [6, 6.07) is 12.6. The van der Waals surface area contributed by atoms with E-state index in [0.29, 0.717) is 0 Å². The van der Waals surface area contributed by atoms with Gasteiger partial charge in [0.1, 0.15) is 11.2 Å². The van der Waals surface area contributed by atoms with Crippen molar-refractivity contribution in [3.05, 3.63) is 47.5 Å². The molecule has 0 atom stereocenters. The Morgan fingerprint density at radius 2 is 1.61 bits per heavy atom. The molecule has 0 aliphatic rings. The van der Waals surface area contributed by atoms with E-state index in [-0.39, 0.29) is 5.41 Å². The molecule has 18 heavy (non-hydrogen) atoms. The number of rotatable bonds is 0. The third-order valence-electron chi connectivity index (χ3n) is 3.61. The Kier molecular flexibility index (Phi) is 2.28. The Morgan fingerprint density at radius 1 is 0.889 bits per heavy atom. The summed E-state index contributed by atoms with van der Waals surface area (Å²) in [5.41, 5.74) is 4.85. The van der Waals surface area contributed by atoms with E-state index < -0.39 is 0 Å². The van der Waals surface area contributed by atoms with Gasteiger partial charge in [0.15, 0.2) is 0 Å². The highest BCUT2D eigenvalue weighted by Crippen LogP contribution is 2.36. The van der Waals surface area contributed by atoms with Crippen LogP contribution in [0.3, 0.4) is 0 Å². The van der Waals surface area contributed by atoms with E-state index in [9.17, 15) is 0 Å². The lowest BCUT2D eigenvalue weighted by atomic mass is 9.83. The molecule has 0 radical (unpaired) electrons. The SMILES string of the molecule is Cc1c(C(C)(C)C)ccc2oc3ccccc3c12. The van der Waals surface area contributed by atoms with Gasteiger partial charge in [-0.3, -0.25) is 0 Å². The van der Waals surface area contributed by atoms with Gasteiger partial charge < -0.3 is 4.42 Å². The summed E-state index contributed by atoms with van der Waals surface area (Å²) in [6.07, 6.45) is 0. The Labute approximate surface area is 107 Å². The molecule has 0 saturated carbocycles. The summed E-state index contributed by atoms with van der Waals surface area (Å²) < 4.78 is 5.90. The van der Waals surface area contributed by atoms with Gasteiger partial charge in [0.05, 0.1) is 0 Å². The van der Waals surface area contributed by atoms with Gasteiger partial charge in [-0.2, -0.15) is 0 Å². The average Bonchev–Trinajstić information content (AvgIpc) is 2.66. The number of hydrogen-bond donors (Lipinski definition) is 0. The Morgan fingerprint density at radius 3 is 2.33 bits per heavy atom. The molecular formula is C17H18O. The van der Waals surface area contributed by atoms with Gasteiger partial charge in [0, 0.05) is 10.8 Å². The fourth-order valence-corrected chi connectivity index (χ4v) is 2.80. The van der Waals surface area contributed by atoms with Crippen molar-refractivity contribution in [3.8, 4) is 0 Å². The van der Waals surface area contributed by atoms with Crippen LogP contribution in [-0.4, -0.2) is 0 Å². The molecule has 0 aliphatic carbocycles. The topological polar surface area (TPSA) is 13.1 Å². The van der Waals surface area contributed by atoms with E-state index in [1.54, 1.807) is 0 Å². The molecule has 1 heteroatoms. The van der Waals surface area contributed by atoms with E-state index >= 15 is 0 Å². The van der Waals surface area contributed by atoms with Crippen molar-refractivity contribution in [1.29, 1.82) is 0 Å². The Hall–Kier alpha value is -1.76. The van der Waals surface area contributed by atoms with Gasteiger partial charge in [0.25, 0.3) is 0 Å². The van der Waals surface area contributed by atoms with E-state index in [0.717, 1.165) is 11.2 Å². The molecule has 3 rings (SSSR count). The first-order valence-corrected chi connectivity index (χ1v) is 6.40. The second-order valence-corrected chi connectivity index (χ2v) is 5.96. The zero-order valence-electron chi connectivity index (χ0n) is 11.4. The minimum absolute atomic E-state index is 0.163. The fourth-order valence-electron chi connectivity index (χ4n) is 2.80. The van der Waals surface area contributed by atoms with Gasteiger partial charge in [-0.25, -0.2) is 0 Å². The summed E-state index contributed by atoms with van der Waals surface area (Å²) in [7, 11) is 0. The highest BCUT2D eigenvalue weighted by molar-refractivity contribution is 6.07. The number of fused-ring (bicyclic) bond motifs is 3. The first kappa shape index (κ1) is 11.3. The minimum Gasteiger partial charge on any atom is -0.456 e. The van der Waals surface area contributed by atoms with Crippen LogP contribution >= 0.6 is 0 Å². The molecule has 92 valence electrons. The van der Waals surface area contributed by atoms with Crippen molar-refractivity contribution in [2.75, 3.05) is 0 Å². The van der Waals surface area contributed by atoms with E-state index in [2.05, 4.69) is 52.0 Å². The molecule has 0 saturated heterocycles. The van der Waals surface area contributed by atoms with E-state index in [1.807, 2.05) is 12.1 Å². The van der Waals surface area contributed by atoms with Crippen LogP contribution < -0.4 is 0 Å². The third kappa shape index (κ3) is 1.54. The van der Waals surface area contributed by atoms with Gasteiger partial charge in [-0.15, -0.1) is 0 Å². The molecule has 1 nitrogen and oxygen atoms in total. The summed E-state index contributed by atoms with van der Waals surface area (Å²) in [5, 5.41) is 2.48. The molecule has 0 fully saturated rings. The fraction of sp³-hybridized carbons (Fsp3) is 0.294. The van der Waals surface area contributed by atoms with Crippen LogP contribution in [0.5, 0.6) is 0 Å². The molecule has 0 N–H and O–H groups in total. The highest BCUT2D eigenvalue weighted by Gasteiger charge is 2.19. The highest BCUT2D eigenvalue weighted by atomic mass is 16.3. The van der Waals surface area contributed by atoms with Crippen LogP contribution in [0.2, 0.25) is 0 Å². The summed E-state index contributed by atoms with van der Waals surface area (Å²) >= 11 is 0. The van der Waals surface area contributed by atoms with Crippen molar-refractivity contribution < 1.29 is 4.42 Å². The third-order valence-corrected chi connectivity index (χ3v) is 3.61. The first-order chi connectivity index (χ1) is 8.48. The van der Waals surface area contributed by atoms with Gasteiger partial charge in [0.2, 0.25) is 0 Å². The number of hydrogen-bond acceptors (Lipinski definition) is 1. The number of aryl methyl sites for hydroxylation is 1. The van der Waals surface area contributed by atoms with Crippen LogP contribution in [0, 0.1) is 6.92 Å². The molecule has 1 aromatic heterocycles. The van der Waals surface area contributed by atoms with Crippen LogP contribution in [0.15, 0.2) is 40.8 Å². The monoisotopic (exact) mass is 238 g/mol. The number of benzene rings is 2. The van der Waals surface area contributed by atoms with Crippen LogP contribution in [0.25, 0.3) is 21.9 Å². The number of furan rings is 1. The zero-order valence-corrected chi connectivity index (χ0v) is 11.4. The van der Waals surface area contributed by atoms with Gasteiger partial charge in [-0.05, 0) is 35.6 Å². The second-order valence-electron chi connectivity index (χ2n) is 5.96. The van der Waals surface area contributed by atoms with Crippen molar-refractivity contribution in [2.24, 2.45) is 0 Å². The maximum atomic E-state index is 5.90. The van der Waals surface area contributed by atoms with Crippen molar-refractivity contribution in [2.45, 2.75) is 33.1 Å². The average molecular weight is 238 g/mol. The van der Waals surface area contributed by atoms with E-state index in [4.69, 9.17) is 4.42 Å². The molecular weight excluding hydrogens is 220 g/mol. The van der Waals surface area contributed by atoms with Gasteiger partial charge in [-0.1, -0.05) is 45.0 Å². The smallest absolute Gasteiger partial charge is 0.135 e. The summed E-state index contributed by atoms with van der Waals surface area (Å²) in [6.45, 7) is 8.96. The molecule has 0 unspecified atom stereocenters. The molecule has 2 aromatic carbocycles. The van der Waals surface area contributed by atoms with Crippen molar-refractivity contribution in [1.82, 2.24) is 0 Å². The van der Waals surface area contributed by atoms with Crippen LogP contribution in [0.1, 0.15) is 31.9 Å². The maximum absolute atomic E-state index is 5.90. The molecule has 1 heterocycles. The van der Waals surface area contributed by atoms with Crippen LogP contribution in [-0.2, 0) is 5.41 Å². The van der Waals surface area contributed by atoms with Crippen molar-refractivity contribution in [3.63, 3.8) is 0 Å². The largest absolute Gasteiger partial charge is 0.456 e. The molecule has 0 bridgehead atoms. The summed E-state index contributed by atoms with van der Waals surface area (Å²) in [4.78, 5) is 0. The molecule has 0 aliphatic heterocycles. The molecule has 0 spiro atoms. The standard InChI is InChI=1S/C17H18O/c1-11-13(17(2,3)4)9-10-15-16(11)12-7-5-6-8-14(12)18-15/h5-10H,1-4H3. The molecule has 3 aromatic rings. The zero-order chi connectivity index (χ0) is 12.9. The minimum atomic E-state index is 0.163. The Bertz CT molecular complexity index is 726. The first-order valence-electron chi connectivity index (χ1n) is 6.40. The quantitative estimate of drug-likeness (QED) is 0.525. The maximum Gasteiger partial charge on any atom is 0.135 e. The van der Waals surface area contributed by atoms with Gasteiger partial charge >= 0.3 is 0 Å². The second kappa shape index (κ2) is 3.61. The predicted molar refractivity (Wildman–Crippen MR) is 77.2 cm³/mol. The molecule has 0 amide bonds. The Balaban J connectivity index is 2.47. The lowest BCUT2D eigenvalue weighted by Gasteiger charge is -2.21. The predicted octanol–water partition coefficient (Wildman–Crippen LogP) is 5.19. The summed E-state index contributed by atoms with van der Waals surface area (Å²) in [5.74, 6) is 0. The number of para-hydroxylation sites is 1. The van der Waals surface area contributed by atoms with Crippen LogP contribution in [0.4, 0.5) is 0 Å². The normalized spacial score (nSPS) is 12.4. The lowest BCUT2D eigenvalue weighted by Crippen LogP contribution is -2.12. The van der Waals surface area contributed by atoms with E-state index in [1.165, 1.54) is 21.9 Å². The van der Waals surface area contributed by atoms with Crippen molar-refractivity contribution >= 4 is 21.9 Å².